The van der Waals surface area contributed by atoms with Gasteiger partial charge in [-0.25, -0.2) is 18.5 Å². The van der Waals surface area contributed by atoms with Crippen LogP contribution in [0.3, 0.4) is 0 Å². The van der Waals surface area contributed by atoms with E-state index in [1.807, 2.05) is 6.07 Å². The van der Waals surface area contributed by atoms with Crippen molar-refractivity contribution in [3.63, 3.8) is 0 Å². The second-order valence-corrected chi connectivity index (χ2v) is 15.6. The topological polar surface area (TPSA) is 228 Å². The summed E-state index contributed by atoms with van der Waals surface area (Å²) >= 11 is 0. The number of aliphatic hydroxyl groups is 2. The summed E-state index contributed by atoms with van der Waals surface area (Å²) in [7, 11) is -4.82. The highest BCUT2D eigenvalue weighted by atomic mass is 31.2. The van der Waals surface area contributed by atoms with Crippen LogP contribution in [0.4, 0.5) is 10.2 Å². The third-order valence-electron chi connectivity index (χ3n) is 9.90. The maximum absolute atomic E-state index is 13.9. The van der Waals surface area contributed by atoms with E-state index in [-0.39, 0.29) is 30.3 Å². The number of nitrogen functional groups attached to an aromatic ring is 1. The predicted octanol–water partition coefficient (Wildman–Crippen LogP) is 6.38. The van der Waals surface area contributed by atoms with Gasteiger partial charge in [0, 0.05) is 6.61 Å². The van der Waals surface area contributed by atoms with Gasteiger partial charge >= 0.3 is 7.82 Å². The lowest BCUT2D eigenvalue weighted by Crippen LogP contribution is -2.41. The summed E-state index contributed by atoms with van der Waals surface area (Å²) in [6, 6.07) is 10.6. The smallest absolute Gasteiger partial charge is 0.387 e. The molecule has 0 aliphatic carbocycles. The fourth-order valence-corrected chi connectivity index (χ4v) is 7.42. The van der Waals surface area contributed by atoms with Gasteiger partial charge in [-0.3, -0.25) is 9.05 Å². The first-order chi connectivity index (χ1) is 27.0. The molecule has 1 fully saturated rings. The lowest BCUT2D eigenvalue weighted by Gasteiger charge is -2.24. The minimum absolute atomic E-state index is 0.00538. The van der Waals surface area contributed by atoms with E-state index in [0.29, 0.717) is 17.7 Å². The summed E-state index contributed by atoms with van der Waals surface area (Å²) in [6.07, 6.45) is 12.6. The fourth-order valence-electron chi connectivity index (χ4n) is 6.65. The lowest BCUT2D eigenvalue weighted by molar-refractivity contribution is -0.0690. The molecule has 6 atom stereocenters. The second kappa shape index (κ2) is 23.0. The number of nitriles is 2. The van der Waals surface area contributed by atoms with Gasteiger partial charge in [0.15, 0.2) is 5.82 Å². The number of rotatable bonds is 27. The molecule has 15 nitrogen and oxygen atoms in total. The summed E-state index contributed by atoms with van der Waals surface area (Å²) in [5.74, 6) is -0.555. The number of phosphoric ester groups is 1. The average Bonchev–Trinajstić information content (AvgIpc) is 3.74. The van der Waals surface area contributed by atoms with Crippen molar-refractivity contribution in [3.8, 4) is 12.1 Å². The predicted molar refractivity (Wildman–Crippen MR) is 204 cm³/mol. The highest BCUT2D eigenvalue weighted by molar-refractivity contribution is 7.47. The average molecular weight is 803 g/mol. The highest BCUT2D eigenvalue weighted by Gasteiger charge is 2.58. The van der Waals surface area contributed by atoms with Crippen LogP contribution >= 0.6 is 7.82 Å². The third kappa shape index (κ3) is 13.0. The molecule has 0 amide bonds. The molecule has 56 heavy (non-hydrogen) atoms. The molecule has 3 aromatic rings. The van der Waals surface area contributed by atoms with Crippen molar-refractivity contribution in [2.75, 3.05) is 32.2 Å². The van der Waals surface area contributed by atoms with Crippen LogP contribution in [0.25, 0.3) is 5.52 Å². The summed E-state index contributed by atoms with van der Waals surface area (Å²) in [5, 5.41) is 45.1. The molecule has 1 saturated heterocycles. The quantitative estimate of drug-likeness (QED) is 0.0485. The van der Waals surface area contributed by atoms with Crippen LogP contribution < -0.4 is 5.73 Å². The molecule has 0 radical (unpaired) electrons. The highest BCUT2D eigenvalue weighted by Crippen LogP contribution is 2.46. The molecule has 1 unspecified atom stereocenters. The molecular formula is C39H56FN6O9P. The number of benzene rings is 1. The second-order valence-electron chi connectivity index (χ2n) is 14.2. The number of hydrogen-bond donors (Lipinski definition) is 4. The van der Waals surface area contributed by atoms with E-state index in [1.165, 1.54) is 99.4 Å². The zero-order valence-electron chi connectivity index (χ0n) is 32.1. The molecule has 4 rings (SSSR count). The molecule has 1 aromatic carbocycles. The number of fused-ring (bicyclic) bond motifs is 1. The van der Waals surface area contributed by atoms with Crippen molar-refractivity contribution in [2.45, 2.75) is 133 Å². The Balaban J connectivity index is 1.23. The maximum Gasteiger partial charge on any atom is 0.472 e. The number of nitrogens with two attached hydrogens (primary N) is 1. The maximum atomic E-state index is 13.9. The largest absolute Gasteiger partial charge is 0.472 e. The molecule has 0 bridgehead atoms. The first-order valence-corrected chi connectivity index (χ1v) is 21.1. The van der Waals surface area contributed by atoms with Crippen molar-refractivity contribution >= 4 is 19.2 Å². The zero-order valence-corrected chi connectivity index (χ0v) is 33.0. The number of hydrogen-bond acceptors (Lipinski definition) is 13. The fraction of sp³-hybridized carbons (Fsp3) is 0.641. The van der Waals surface area contributed by atoms with Gasteiger partial charge in [0.1, 0.15) is 54.2 Å². The van der Waals surface area contributed by atoms with Crippen LogP contribution in [-0.2, 0) is 40.0 Å². The van der Waals surface area contributed by atoms with E-state index in [1.54, 1.807) is 6.07 Å². The van der Waals surface area contributed by atoms with Crippen LogP contribution in [0.5, 0.6) is 0 Å². The Morgan fingerprint density at radius 2 is 1.64 bits per heavy atom. The lowest BCUT2D eigenvalue weighted by atomic mass is 9.92. The molecular weight excluding hydrogens is 746 g/mol. The standard InChI is InChI=1S/C39H56FN6O9P/c1-2-3-4-5-6-7-8-9-10-11-12-13-14-15-20-51-24-31(52-23-29-16-17-32(40)30(21-29)22-41)25-53-56(49,50)54-26-34-36(47)37(48)39(27-42,55-34)35-19-18-33-38(43)44-28-45-46(33)35/h16-19,21,28,31,34,36-37,47-48H,2-15,20,23-26H2,1H3,(H,49,50)(H2,43,44,45)/t31-,34-,36-,37-,39+/m1/s1. The number of unbranched alkanes of at least 4 members (excludes halogenated alkanes) is 13. The number of aliphatic hydroxyl groups excluding tert-OH is 2. The molecule has 5 N–H and O–H groups in total. The van der Waals surface area contributed by atoms with Gasteiger partial charge < -0.3 is 35.1 Å². The van der Waals surface area contributed by atoms with Crippen molar-refractivity contribution in [1.29, 1.82) is 10.5 Å². The zero-order chi connectivity index (χ0) is 40.4. The number of nitrogens with zero attached hydrogens (tertiary/aromatic N) is 5. The van der Waals surface area contributed by atoms with E-state index >= 15 is 0 Å². The Labute approximate surface area is 328 Å². The van der Waals surface area contributed by atoms with Crippen LogP contribution in [0.1, 0.15) is 114 Å². The van der Waals surface area contributed by atoms with Crippen molar-refractivity contribution in [1.82, 2.24) is 14.6 Å². The Kier molecular flexibility index (Phi) is 18.6. The Morgan fingerprint density at radius 1 is 0.982 bits per heavy atom. The molecule has 1 aliphatic heterocycles. The van der Waals surface area contributed by atoms with Gasteiger partial charge in [-0.05, 0) is 36.2 Å². The van der Waals surface area contributed by atoms with Gasteiger partial charge in [-0.2, -0.15) is 15.6 Å². The van der Waals surface area contributed by atoms with E-state index in [4.69, 9.17) is 29.0 Å². The summed E-state index contributed by atoms with van der Waals surface area (Å²) in [5.41, 5.74) is 4.51. The minimum atomic E-state index is -4.82. The first-order valence-electron chi connectivity index (χ1n) is 19.6. The molecule has 2 aromatic heterocycles. The molecule has 3 heterocycles. The van der Waals surface area contributed by atoms with E-state index in [0.717, 1.165) is 31.7 Å². The van der Waals surface area contributed by atoms with Gasteiger partial charge in [0.2, 0.25) is 5.60 Å². The minimum Gasteiger partial charge on any atom is -0.387 e. The number of aromatic nitrogens is 3. The van der Waals surface area contributed by atoms with Crippen LogP contribution in [0, 0.1) is 28.5 Å². The molecule has 308 valence electrons. The van der Waals surface area contributed by atoms with Gasteiger partial charge in [0.05, 0.1) is 37.7 Å². The number of phosphoric acid groups is 1. The summed E-state index contributed by atoms with van der Waals surface area (Å²) < 4.78 is 56.0. The van der Waals surface area contributed by atoms with Crippen molar-refractivity contribution in [2.24, 2.45) is 0 Å². The van der Waals surface area contributed by atoms with Crippen LogP contribution in [0.2, 0.25) is 0 Å². The molecule has 17 heteroatoms. The number of anilines is 1. The number of halogens is 1. The molecule has 0 spiro atoms. The monoisotopic (exact) mass is 802 g/mol. The Bertz CT molecular complexity index is 1790. The van der Waals surface area contributed by atoms with Gasteiger partial charge in [-0.1, -0.05) is 96.5 Å². The first kappa shape index (κ1) is 45.2. The van der Waals surface area contributed by atoms with Gasteiger partial charge in [0.25, 0.3) is 0 Å². The van der Waals surface area contributed by atoms with E-state index < -0.39 is 56.9 Å². The summed E-state index contributed by atoms with van der Waals surface area (Å²) in [6.45, 7) is 1.44. The van der Waals surface area contributed by atoms with Gasteiger partial charge in [-0.15, -0.1) is 0 Å². The van der Waals surface area contributed by atoms with Crippen LogP contribution in [0.15, 0.2) is 36.7 Å². The van der Waals surface area contributed by atoms with Crippen molar-refractivity contribution < 1.29 is 47.3 Å². The molecule has 1 aliphatic rings. The van der Waals surface area contributed by atoms with E-state index in [9.17, 15) is 34.6 Å². The SMILES string of the molecule is CCCCCCCCCCCCCCCCOC[C@H](COP(=O)(O)OC[C@H]1O[C@@](C#N)(c2ccc3c(N)ncnn23)[C@H](O)[C@@H]1O)OCc1ccc(F)c(C#N)c1. The number of ether oxygens (including phenoxy) is 3. The normalized spacial score (nSPS) is 21.2. The van der Waals surface area contributed by atoms with Crippen LogP contribution in [-0.4, -0.2) is 80.5 Å². The third-order valence-corrected chi connectivity index (χ3v) is 10.8. The summed E-state index contributed by atoms with van der Waals surface area (Å²) in [4.78, 5) is 14.4. The Hall–Kier alpha value is -3.54. The van der Waals surface area contributed by atoms with Crippen molar-refractivity contribution in [3.05, 3.63) is 59.3 Å². The van der Waals surface area contributed by atoms with E-state index in [2.05, 4.69) is 17.0 Å². The molecule has 0 saturated carbocycles. The Morgan fingerprint density at radius 3 is 2.29 bits per heavy atom.